The van der Waals surface area contributed by atoms with E-state index in [2.05, 4.69) is 35.9 Å². The molecule has 0 aromatic heterocycles. The highest BCUT2D eigenvalue weighted by Crippen LogP contribution is 2.23. The summed E-state index contributed by atoms with van der Waals surface area (Å²) in [6, 6.07) is 8.89. The molecule has 0 saturated carbocycles. The van der Waals surface area contributed by atoms with Crippen molar-refractivity contribution in [1.29, 1.82) is 0 Å². The summed E-state index contributed by atoms with van der Waals surface area (Å²) in [5, 5.41) is 8.79. The summed E-state index contributed by atoms with van der Waals surface area (Å²) in [7, 11) is 2.19. The molecule has 18 heavy (non-hydrogen) atoms. The number of aliphatic hydroxyl groups excluding tert-OH is 1. The molecule has 1 aliphatic rings. The van der Waals surface area contributed by atoms with E-state index in [-0.39, 0.29) is 6.61 Å². The predicted octanol–water partition coefficient (Wildman–Crippen LogP) is 1.97. The zero-order chi connectivity index (χ0) is 12.8. The quantitative estimate of drug-likeness (QED) is 0.842. The van der Waals surface area contributed by atoms with Gasteiger partial charge >= 0.3 is 0 Å². The minimum absolute atomic E-state index is 0.0799. The fraction of sp³-hybridized carbons (Fsp3) is 0.467. The van der Waals surface area contributed by atoms with Gasteiger partial charge in [-0.2, -0.15) is 11.8 Å². The maximum atomic E-state index is 8.79. The van der Waals surface area contributed by atoms with Crippen molar-refractivity contribution in [2.24, 2.45) is 0 Å². The van der Waals surface area contributed by atoms with Crippen molar-refractivity contribution in [1.82, 2.24) is 4.90 Å². The molecule has 0 bridgehead atoms. The first kappa shape index (κ1) is 13.5. The maximum absolute atomic E-state index is 8.79. The molecule has 1 fully saturated rings. The van der Waals surface area contributed by atoms with Crippen LogP contribution >= 0.6 is 11.8 Å². The second-order valence-corrected chi connectivity index (χ2v) is 5.70. The van der Waals surface area contributed by atoms with Crippen LogP contribution in [0.25, 0.3) is 0 Å². The van der Waals surface area contributed by atoms with Crippen LogP contribution in [-0.2, 0) is 6.54 Å². The van der Waals surface area contributed by atoms with E-state index in [1.54, 1.807) is 0 Å². The third-order valence-corrected chi connectivity index (χ3v) is 4.41. The minimum Gasteiger partial charge on any atom is -0.384 e. The van der Waals surface area contributed by atoms with E-state index in [4.69, 9.17) is 5.11 Å². The Morgan fingerprint density at radius 3 is 3.00 bits per heavy atom. The van der Waals surface area contributed by atoms with Gasteiger partial charge in [-0.1, -0.05) is 30.0 Å². The summed E-state index contributed by atoms with van der Waals surface area (Å²) in [6.07, 6.45) is 1.28. The van der Waals surface area contributed by atoms with Gasteiger partial charge in [0.15, 0.2) is 0 Å². The molecule has 1 aromatic rings. The van der Waals surface area contributed by atoms with Crippen LogP contribution in [0.5, 0.6) is 0 Å². The van der Waals surface area contributed by atoms with Crippen LogP contribution in [0.4, 0.5) is 0 Å². The fourth-order valence-electron chi connectivity index (χ4n) is 2.18. The molecule has 2 nitrogen and oxygen atoms in total. The van der Waals surface area contributed by atoms with Gasteiger partial charge in [0.25, 0.3) is 0 Å². The summed E-state index contributed by atoms with van der Waals surface area (Å²) < 4.78 is 0. The third-order valence-electron chi connectivity index (χ3n) is 3.27. The first-order valence-electron chi connectivity index (χ1n) is 6.27. The molecule has 0 aliphatic carbocycles. The van der Waals surface area contributed by atoms with Crippen LogP contribution in [0.2, 0.25) is 0 Å². The molecule has 1 heterocycles. The summed E-state index contributed by atoms with van der Waals surface area (Å²) in [6.45, 7) is 0.852. The maximum Gasteiger partial charge on any atom is 0.104 e. The lowest BCUT2D eigenvalue weighted by Gasteiger charge is -2.24. The van der Waals surface area contributed by atoms with Gasteiger partial charge in [0, 0.05) is 23.9 Å². The first-order chi connectivity index (χ1) is 8.81. The normalized spacial score (nSPS) is 18.7. The second kappa shape index (κ2) is 6.84. The number of benzene rings is 1. The monoisotopic (exact) mass is 261 g/mol. The van der Waals surface area contributed by atoms with Gasteiger partial charge in [-0.3, -0.25) is 4.90 Å². The fourth-order valence-corrected chi connectivity index (χ4v) is 3.48. The average molecular weight is 261 g/mol. The smallest absolute Gasteiger partial charge is 0.104 e. The lowest BCUT2D eigenvalue weighted by atomic mass is 10.1. The van der Waals surface area contributed by atoms with Gasteiger partial charge in [0.05, 0.1) is 0 Å². The Balaban J connectivity index is 2.07. The first-order valence-corrected chi connectivity index (χ1v) is 7.42. The summed E-state index contributed by atoms with van der Waals surface area (Å²) in [4.78, 5) is 2.42. The number of thioether (sulfide) groups is 1. The molecule has 1 N–H and O–H groups in total. The topological polar surface area (TPSA) is 23.5 Å². The molecule has 1 atom stereocenters. The summed E-state index contributed by atoms with van der Waals surface area (Å²) in [5.41, 5.74) is 2.28. The largest absolute Gasteiger partial charge is 0.384 e. The molecule has 2 rings (SSSR count). The molecular weight excluding hydrogens is 242 g/mol. The molecule has 1 unspecified atom stereocenters. The Bertz CT molecular complexity index is 443. The zero-order valence-corrected chi connectivity index (χ0v) is 11.5. The SMILES string of the molecule is CN(Cc1ccccc1C#CCO)C1CCSC1. The average Bonchev–Trinajstić information content (AvgIpc) is 2.91. The van der Waals surface area contributed by atoms with Crippen LogP contribution < -0.4 is 0 Å². The molecule has 0 spiro atoms. The number of hydrogen-bond donors (Lipinski definition) is 1. The van der Waals surface area contributed by atoms with E-state index in [0.29, 0.717) is 6.04 Å². The lowest BCUT2D eigenvalue weighted by Crippen LogP contribution is -2.31. The van der Waals surface area contributed by atoms with Crippen molar-refractivity contribution >= 4 is 11.8 Å². The van der Waals surface area contributed by atoms with Crippen molar-refractivity contribution in [2.75, 3.05) is 25.2 Å². The van der Waals surface area contributed by atoms with E-state index in [9.17, 15) is 0 Å². The molecule has 1 aliphatic heterocycles. The Morgan fingerprint density at radius 2 is 2.28 bits per heavy atom. The molecule has 1 aromatic carbocycles. The number of hydrogen-bond acceptors (Lipinski definition) is 3. The van der Waals surface area contributed by atoms with Crippen LogP contribution in [0.15, 0.2) is 24.3 Å². The van der Waals surface area contributed by atoms with Gasteiger partial charge in [-0.05, 0) is 30.9 Å². The summed E-state index contributed by atoms with van der Waals surface area (Å²) in [5.74, 6) is 8.27. The van der Waals surface area contributed by atoms with Crippen LogP contribution in [-0.4, -0.2) is 41.2 Å². The molecule has 3 heteroatoms. The van der Waals surface area contributed by atoms with Crippen molar-refractivity contribution in [2.45, 2.75) is 19.0 Å². The minimum atomic E-state index is -0.0799. The zero-order valence-electron chi connectivity index (χ0n) is 10.7. The highest BCUT2D eigenvalue weighted by molar-refractivity contribution is 7.99. The van der Waals surface area contributed by atoms with Gasteiger partial charge in [-0.25, -0.2) is 0 Å². The summed E-state index contributed by atoms with van der Waals surface area (Å²) >= 11 is 2.04. The van der Waals surface area contributed by atoms with E-state index in [1.165, 1.54) is 23.5 Å². The Morgan fingerprint density at radius 1 is 1.44 bits per heavy atom. The van der Waals surface area contributed by atoms with Crippen molar-refractivity contribution in [3.8, 4) is 11.8 Å². The highest BCUT2D eigenvalue weighted by atomic mass is 32.2. The van der Waals surface area contributed by atoms with Gasteiger partial charge < -0.3 is 5.11 Å². The molecule has 0 radical (unpaired) electrons. The van der Waals surface area contributed by atoms with Crippen LogP contribution in [0.3, 0.4) is 0 Å². The molecular formula is C15H19NOS. The Labute approximate surface area is 113 Å². The molecule has 1 saturated heterocycles. The lowest BCUT2D eigenvalue weighted by molar-refractivity contribution is 0.254. The Hall–Kier alpha value is -0.950. The standard InChI is InChI=1S/C15H19NOS/c1-16(15-8-10-18-12-15)11-14-6-3-2-5-13(14)7-4-9-17/h2-3,5-6,15,17H,8-12H2,1H3. The van der Waals surface area contributed by atoms with Crippen LogP contribution in [0, 0.1) is 11.8 Å². The van der Waals surface area contributed by atoms with E-state index in [0.717, 1.165) is 12.1 Å². The number of rotatable bonds is 3. The van der Waals surface area contributed by atoms with Gasteiger partial charge in [0.1, 0.15) is 6.61 Å². The van der Waals surface area contributed by atoms with Crippen molar-refractivity contribution in [3.05, 3.63) is 35.4 Å². The van der Waals surface area contributed by atoms with Crippen LogP contribution in [0.1, 0.15) is 17.5 Å². The van der Waals surface area contributed by atoms with E-state index >= 15 is 0 Å². The molecule has 0 amide bonds. The second-order valence-electron chi connectivity index (χ2n) is 4.55. The van der Waals surface area contributed by atoms with E-state index in [1.807, 2.05) is 23.9 Å². The number of nitrogens with zero attached hydrogens (tertiary/aromatic N) is 1. The van der Waals surface area contributed by atoms with Gasteiger partial charge in [0.2, 0.25) is 0 Å². The highest BCUT2D eigenvalue weighted by Gasteiger charge is 2.20. The number of aliphatic hydroxyl groups is 1. The Kier molecular flexibility index (Phi) is 5.12. The third kappa shape index (κ3) is 3.52. The van der Waals surface area contributed by atoms with Crippen molar-refractivity contribution in [3.63, 3.8) is 0 Å². The predicted molar refractivity (Wildman–Crippen MR) is 77.6 cm³/mol. The van der Waals surface area contributed by atoms with Gasteiger partial charge in [-0.15, -0.1) is 0 Å². The van der Waals surface area contributed by atoms with Crippen molar-refractivity contribution < 1.29 is 5.11 Å². The van der Waals surface area contributed by atoms with E-state index < -0.39 is 0 Å². The molecule has 96 valence electrons.